The summed E-state index contributed by atoms with van der Waals surface area (Å²) in [6, 6.07) is 1.16. The molecule has 0 fully saturated rings. The van der Waals surface area contributed by atoms with Gasteiger partial charge in [0.25, 0.3) is 0 Å². The fourth-order valence-electron chi connectivity index (χ4n) is 0.867. The number of aromatic carboxylic acids is 1. The Labute approximate surface area is 81.9 Å². The van der Waals surface area contributed by atoms with Crippen molar-refractivity contribution in [2.24, 2.45) is 0 Å². The van der Waals surface area contributed by atoms with E-state index in [0.29, 0.717) is 4.47 Å². The molecule has 0 aromatic heterocycles. The molecular weight excluding hydrogens is 243 g/mol. The van der Waals surface area contributed by atoms with E-state index in [9.17, 15) is 9.18 Å². The van der Waals surface area contributed by atoms with Crippen LogP contribution in [0.1, 0.15) is 15.9 Å². The van der Waals surface area contributed by atoms with Gasteiger partial charge in [-0.25, -0.2) is 9.18 Å². The quantitative estimate of drug-likeness (QED) is 0.802. The van der Waals surface area contributed by atoms with Gasteiger partial charge < -0.3 is 10.2 Å². The predicted molar refractivity (Wildman–Crippen MR) is 47.5 cm³/mol. The third-order valence-corrected chi connectivity index (χ3v) is 2.48. The normalized spacial score (nSPS) is 10.1. The summed E-state index contributed by atoms with van der Waals surface area (Å²) < 4.78 is 13.4. The Morgan fingerprint density at radius 1 is 1.62 bits per heavy atom. The number of carbonyl (C=O) groups is 1. The largest absolute Gasteiger partial charge is 0.504 e. The summed E-state index contributed by atoms with van der Waals surface area (Å²) in [6.45, 7) is 1.44. The summed E-state index contributed by atoms with van der Waals surface area (Å²) in [5.74, 6) is -3.10. The van der Waals surface area contributed by atoms with E-state index in [1.807, 2.05) is 0 Å². The Kier molecular flexibility index (Phi) is 2.56. The van der Waals surface area contributed by atoms with Gasteiger partial charge in [0.1, 0.15) is 5.56 Å². The van der Waals surface area contributed by atoms with Crippen molar-refractivity contribution >= 4 is 21.9 Å². The van der Waals surface area contributed by atoms with Crippen molar-refractivity contribution in [2.75, 3.05) is 0 Å². The van der Waals surface area contributed by atoms with E-state index in [4.69, 9.17) is 10.2 Å². The van der Waals surface area contributed by atoms with Crippen molar-refractivity contribution in [3.8, 4) is 5.75 Å². The number of rotatable bonds is 1. The molecule has 0 saturated carbocycles. The van der Waals surface area contributed by atoms with Crippen molar-refractivity contribution in [1.82, 2.24) is 0 Å². The fourth-order valence-corrected chi connectivity index (χ4v) is 1.27. The first-order chi connectivity index (χ1) is 5.95. The highest BCUT2D eigenvalue weighted by Gasteiger charge is 2.17. The van der Waals surface area contributed by atoms with Crippen LogP contribution in [0.4, 0.5) is 4.39 Å². The lowest BCUT2D eigenvalue weighted by Crippen LogP contribution is -2.00. The Bertz CT molecular complexity index is 376. The van der Waals surface area contributed by atoms with Crippen LogP contribution in [0.15, 0.2) is 10.5 Å². The first-order valence-electron chi connectivity index (χ1n) is 3.36. The fraction of sp³-hybridized carbons (Fsp3) is 0.125. The average Bonchev–Trinajstić information content (AvgIpc) is 2.07. The Balaban J connectivity index is 3.50. The third-order valence-electron chi connectivity index (χ3n) is 1.65. The molecule has 70 valence electrons. The van der Waals surface area contributed by atoms with Crippen LogP contribution in [0.3, 0.4) is 0 Å². The minimum atomic E-state index is -1.36. The molecule has 2 N–H and O–H groups in total. The second kappa shape index (κ2) is 3.33. The van der Waals surface area contributed by atoms with Crippen LogP contribution in [0, 0.1) is 12.7 Å². The number of benzene rings is 1. The Morgan fingerprint density at radius 3 is 2.62 bits per heavy atom. The van der Waals surface area contributed by atoms with Crippen LogP contribution < -0.4 is 0 Å². The maximum atomic E-state index is 13.1. The van der Waals surface area contributed by atoms with Crippen molar-refractivity contribution in [3.05, 3.63) is 27.5 Å². The van der Waals surface area contributed by atoms with Crippen LogP contribution in [0.25, 0.3) is 0 Å². The Morgan fingerprint density at radius 2 is 2.15 bits per heavy atom. The van der Waals surface area contributed by atoms with Gasteiger partial charge >= 0.3 is 5.97 Å². The molecule has 0 heterocycles. The summed E-state index contributed by atoms with van der Waals surface area (Å²) in [7, 11) is 0. The van der Waals surface area contributed by atoms with Gasteiger partial charge in [-0.05, 0) is 13.0 Å². The summed E-state index contributed by atoms with van der Waals surface area (Å²) in [5, 5.41) is 17.7. The Hall–Kier alpha value is -1.10. The molecule has 1 rings (SSSR count). The van der Waals surface area contributed by atoms with Gasteiger partial charge in [-0.2, -0.15) is 0 Å². The van der Waals surface area contributed by atoms with Crippen LogP contribution in [0.2, 0.25) is 0 Å². The number of hydrogen-bond donors (Lipinski definition) is 2. The minimum absolute atomic E-state index is 0.183. The van der Waals surface area contributed by atoms with E-state index < -0.39 is 23.1 Å². The molecule has 0 spiro atoms. The molecule has 0 aliphatic rings. The highest BCUT2D eigenvalue weighted by Crippen LogP contribution is 2.30. The highest BCUT2D eigenvalue weighted by molar-refractivity contribution is 9.10. The molecule has 0 atom stereocenters. The molecule has 0 amide bonds. The zero-order valence-electron chi connectivity index (χ0n) is 6.64. The number of carboxylic acids is 1. The van der Waals surface area contributed by atoms with Crippen molar-refractivity contribution in [1.29, 1.82) is 0 Å². The van der Waals surface area contributed by atoms with Gasteiger partial charge in [0.2, 0.25) is 0 Å². The van der Waals surface area contributed by atoms with Gasteiger partial charge in [0.05, 0.1) is 0 Å². The van der Waals surface area contributed by atoms with Crippen molar-refractivity contribution in [3.63, 3.8) is 0 Å². The summed E-state index contributed by atoms with van der Waals surface area (Å²) in [6.07, 6.45) is 0. The highest BCUT2D eigenvalue weighted by atomic mass is 79.9. The van der Waals surface area contributed by atoms with Crippen LogP contribution in [0.5, 0.6) is 5.75 Å². The van der Waals surface area contributed by atoms with E-state index in [-0.39, 0.29) is 5.56 Å². The lowest BCUT2D eigenvalue weighted by atomic mass is 10.1. The number of hydrogen-bond acceptors (Lipinski definition) is 2. The lowest BCUT2D eigenvalue weighted by molar-refractivity contribution is 0.0692. The van der Waals surface area contributed by atoms with Gasteiger partial charge in [-0.3, -0.25) is 0 Å². The molecule has 0 aliphatic carbocycles. The smallest absolute Gasteiger partial charge is 0.339 e. The maximum Gasteiger partial charge on any atom is 0.339 e. The SMILES string of the molecule is Cc1c(Br)cc(C(=O)O)c(O)c1F. The lowest BCUT2D eigenvalue weighted by Gasteiger charge is -2.05. The summed E-state index contributed by atoms with van der Waals surface area (Å²) in [4.78, 5) is 10.5. The maximum absolute atomic E-state index is 13.1. The molecule has 5 heteroatoms. The second-order valence-electron chi connectivity index (χ2n) is 2.50. The van der Waals surface area contributed by atoms with Gasteiger partial charge in [-0.15, -0.1) is 0 Å². The number of halogens is 2. The molecule has 1 aromatic carbocycles. The molecular formula is C8H6BrFO3. The molecule has 0 bridgehead atoms. The zero-order chi connectivity index (χ0) is 10.2. The summed E-state index contributed by atoms with van der Waals surface area (Å²) >= 11 is 2.98. The molecule has 1 aromatic rings. The molecule has 13 heavy (non-hydrogen) atoms. The van der Waals surface area contributed by atoms with E-state index in [1.54, 1.807) is 0 Å². The third kappa shape index (κ3) is 1.65. The standard InChI is InChI=1S/C8H6BrFO3/c1-3-5(9)2-4(8(12)13)7(11)6(3)10/h2,11H,1H3,(H,12,13). The predicted octanol–water partition coefficient (Wildman–Crippen LogP) is 2.30. The van der Waals surface area contributed by atoms with Gasteiger partial charge in [0.15, 0.2) is 11.6 Å². The first kappa shape index (κ1) is 9.98. The van der Waals surface area contributed by atoms with Gasteiger partial charge in [-0.1, -0.05) is 15.9 Å². The molecule has 0 radical (unpaired) electrons. The average molecular weight is 249 g/mol. The van der Waals surface area contributed by atoms with Crippen molar-refractivity contribution < 1.29 is 19.4 Å². The number of aromatic hydroxyl groups is 1. The first-order valence-corrected chi connectivity index (χ1v) is 4.15. The van der Waals surface area contributed by atoms with E-state index in [1.165, 1.54) is 6.92 Å². The molecule has 3 nitrogen and oxygen atoms in total. The van der Waals surface area contributed by atoms with Crippen LogP contribution in [-0.2, 0) is 0 Å². The monoisotopic (exact) mass is 248 g/mol. The van der Waals surface area contributed by atoms with E-state index in [0.717, 1.165) is 6.07 Å². The summed E-state index contributed by atoms with van der Waals surface area (Å²) in [5.41, 5.74) is -0.266. The molecule has 0 unspecified atom stereocenters. The zero-order valence-corrected chi connectivity index (χ0v) is 8.22. The number of carboxylic acid groups (broad SMARTS) is 1. The van der Waals surface area contributed by atoms with Crippen LogP contribution in [-0.4, -0.2) is 16.2 Å². The van der Waals surface area contributed by atoms with Crippen molar-refractivity contribution in [2.45, 2.75) is 6.92 Å². The van der Waals surface area contributed by atoms with Gasteiger partial charge in [0, 0.05) is 10.0 Å². The second-order valence-corrected chi connectivity index (χ2v) is 3.35. The van der Waals surface area contributed by atoms with E-state index >= 15 is 0 Å². The molecule has 0 aliphatic heterocycles. The topological polar surface area (TPSA) is 57.5 Å². The van der Waals surface area contributed by atoms with E-state index in [2.05, 4.69) is 15.9 Å². The minimum Gasteiger partial charge on any atom is -0.504 e. The van der Waals surface area contributed by atoms with Crippen LogP contribution >= 0.6 is 15.9 Å². The number of phenols is 1. The molecule has 0 saturated heterocycles.